The van der Waals surface area contributed by atoms with Gasteiger partial charge in [-0.3, -0.25) is 0 Å². The Morgan fingerprint density at radius 3 is 2.57 bits per heavy atom. The molecule has 0 saturated heterocycles. The van der Waals surface area contributed by atoms with Gasteiger partial charge in [0.2, 0.25) is 0 Å². The molecule has 14 heavy (non-hydrogen) atoms. The van der Waals surface area contributed by atoms with Crippen LogP contribution in [0.3, 0.4) is 0 Å². The van der Waals surface area contributed by atoms with Gasteiger partial charge in [0.05, 0.1) is 0 Å². The lowest BCUT2D eigenvalue weighted by atomic mass is 9.79. The zero-order chi connectivity index (χ0) is 10.6. The monoisotopic (exact) mass is 197 g/mol. The molecule has 3 unspecified atom stereocenters. The van der Waals surface area contributed by atoms with Gasteiger partial charge in [-0.15, -0.1) is 0 Å². The van der Waals surface area contributed by atoms with Gasteiger partial charge in [0.1, 0.15) is 0 Å². The van der Waals surface area contributed by atoms with Gasteiger partial charge in [-0.2, -0.15) is 0 Å². The smallest absolute Gasteiger partial charge is 0.00439 e. The van der Waals surface area contributed by atoms with Gasteiger partial charge >= 0.3 is 0 Å². The number of hydrogen-bond donors (Lipinski definition) is 1. The summed E-state index contributed by atoms with van der Waals surface area (Å²) in [6.45, 7) is 6.92. The quantitative estimate of drug-likeness (QED) is 0.732. The van der Waals surface area contributed by atoms with Crippen molar-refractivity contribution in [2.24, 2.45) is 23.5 Å². The molecule has 1 fully saturated rings. The van der Waals surface area contributed by atoms with E-state index in [0.717, 1.165) is 17.8 Å². The summed E-state index contributed by atoms with van der Waals surface area (Å²) in [6.07, 6.45) is 8.19. The highest BCUT2D eigenvalue weighted by atomic mass is 14.6. The molecule has 0 aromatic rings. The van der Waals surface area contributed by atoms with Crippen LogP contribution in [0.5, 0.6) is 0 Å². The molecule has 0 aromatic carbocycles. The zero-order valence-corrected chi connectivity index (χ0v) is 10.1. The second-order valence-corrected chi connectivity index (χ2v) is 5.76. The Morgan fingerprint density at radius 1 is 1.29 bits per heavy atom. The Hall–Kier alpha value is -0.0400. The molecule has 1 aliphatic rings. The highest BCUT2D eigenvalue weighted by Gasteiger charge is 2.21. The van der Waals surface area contributed by atoms with Gasteiger partial charge in [-0.1, -0.05) is 40.0 Å². The molecular formula is C13H27N. The van der Waals surface area contributed by atoms with Gasteiger partial charge in [0, 0.05) is 6.04 Å². The Balaban J connectivity index is 2.21. The third-order valence-corrected chi connectivity index (χ3v) is 3.46. The second kappa shape index (κ2) is 5.75. The van der Waals surface area contributed by atoms with Crippen LogP contribution in [0.25, 0.3) is 0 Å². The van der Waals surface area contributed by atoms with E-state index in [0.29, 0.717) is 6.04 Å². The normalized spacial score (nSPS) is 30.6. The first kappa shape index (κ1) is 12.0. The lowest BCUT2D eigenvalue weighted by Crippen LogP contribution is -2.27. The van der Waals surface area contributed by atoms with E-state index in [9.17, 15) is 0 Å². The maximum atomic E-state index is 6.15. The summed E-state index contributed by atoms with van der Waals surface area (Å²) in [4.78, 5) is 0. The lowest BCUT2D eigenvalue weighted by molar-refractivity contribution is 0.249. The minimum absolute atomic E-state index is 0.449. The molecule has 2 N–H and O–H groups in total. The van der Waals surface area contributed by atoms with Crippen LogP contribution in [0.15, 0.2) is 0 Å². The predicted molar refractivity (Wildman–Crippen MR) is 63.2 cm³/mol. The standard InChI is InChI=1S/C13H27N/c1-10(2)7-13(14)9-12-6-4-5-11(3)8-12/h10-13H,4-9,14H2,1-3H3. The third-order valence-electron chi connectivity index (χ3n) is 3.46. The summed E-state index contributed by atoms with van der Waals surface area (Å²) in [5.74, 6) is 2.62. The molecule has 0 radical (unpaired) electrons. The van der Waals surface area contributed by atoms with Crippen LogP contribution in [0.2, 0.25) is 0 Å². The van der Waals surface area contributed by atoms with E-state index in [-0.39, 0.29) is 0 Å². The number of nitrogens with two attached hydrogens (primary N) is 1. The molecule has 0 bridgehead atoms. The van der Waals surface area contributed by atoms with Crippen molar-refractivity contribution in [3.8, 4) is 0 Å². The van der Waals surface area contributed by atoms with E-state index in [4.69, 9.17) is 5.73 Å². The fourth-order valence-corrected chi connectivity index (χ4v) is 2.90. The molecule has 3 atom stereocenters. The fraction of sp³-hybridized carbons (Fsp3) is 1.00. The molecule has 0 heterocycles. The first-order valence-electron chi connectivity index (χ1n) is 6.33. The average molecular weight is 197 g/mol. The van der Waals surface area contributed by atoms with E-state index >= 15 is 0 Å². The Bertz CT molecular complexity index is 153. The summed E-state index contributed by atoms with van der Waals surface area (Å²) in [6, 6.07) is 0.449. The highest BCUT2D eigenvalue weighted by Crippen LogP contribution is 2.31. The van der Waals surface area contributed by atoms with Crippen molar-refractivity contribution >= 4 is 0 Å². The van der Waals surface area contributed by atoms with Crippen molar-refractivity contribution in [3.63, 3.8) is 0 Å². The van der Waals surface area contributed by atoms with Gasteiger partial charge in [-0.05, 0) is 37.0 Å². The average Bonchev–Trinajstić information content (AvgIpc) is 2.01. The second-order valence-electron chi connectivity index (χ2n) is 5.76. The number of rotatable bonds is 4. The van der Waals surface area contributed by atoms with Crippen molar-refractivity contribution in [1.29, 1.82) is 0 Å². The zero-order valence-electron chi connectivity index (χ0n) is 10.1. The van der Waals surface area contributed by atoms with Crippen molar-refractivity contribution in [3.05, 3.63) is 0 Å². The lowest BCUT2D eigenvalue weighted by Gasteiger charge is -2.29. The Kier molecular flexibility index (Phi) is 4.94. The van der Waals surface area contributed by atoms with Crippen molar-refractivity contribution < 1.29 is 0 Å². The van der Waals surface area contributed by atoms with E-state index in [2.05, 4.69) is 20.8 Å². The minimum atomic E-state index is 0.449. The first-order chi connectivity index (χ1) is 6.58. The molecular weight excluding hydrogens is 170 g/mol. The first-order valence-corrected chi connectivity index (χ1v) is 6.33. The molecule has 1 nitrogen and oxygen atoms in total. The highest BCUT2D eigenvalue weighted by molar-refractivity contribution is 4.75. The van der Waals surface area contributed by atoms with Crippen LogP contribution in [0.1, 0.15) is 59.3 Å². The summed E-state index contributed by atoms with van der Waals surface area (Å²) >= 11 is 0. The van der Waals surface area contributed by atoms with Crippen LogP contribution in [-0.4, -0.2) is 6.04 Å². The summed E-state index contributed by atoms with van der Waals surface area (Å²) in [5, 5.41) is 0. The maximum absolute atomic E-state index is 6.15. The molecule has 1 saturated carbocycles. The SMILES string of the molecule is CC(C)CC(N)CC1CCCC(C)C1. The molecule has 0 spiro atoms. The molecule has 0 aromatic heterocycles. The van der Waals surface area contributed by atoms with E-state index in [1.165, 1.54) is 38.5 Å². The van der Waals surface area contributed by atoms with Crippen LogP contribution < -0.4 is 5.73 Å². The van der Waals surface area contributed by atoms with Crippen LogP contribution in [0, 0.1) is 17.8 Å². The summed E-state index contributed by atoms with van der Waals surface area (Å²) in [7, 11) is 0. The van der Waals surface area contributed by atoms with Crippen molar-refractivity contribution in [1.82, 2.24) is 0 Å². The van der Waals surface area contributed by atoms with Gasteiger partial charge in [0.25, 0.3) is 0 Å². The largest absolute Gasteiger partial charge is 0.328 e. The molecule has 1 rings (SSSR count). The molecule has 1 heteroatoms. The third kappa shape index (κ3) is 4.45. The molecule has 0 aliphatic heterocycles. The van der Waals surface area contributed by atoms with Gasteiger partial charge < -0.3 is 5.73 Å². The number of hydrogen-bond acceptors (Lipinski definition) is 1. The summed E-state index contributed by atoms with van der Waals surface area (Å²) in [5.41, 5.74) is 6.15. The Morgan fingerprint density at radius 2 is 2.00 bits per heavy atom. The molecule has 84 valence electrons. The topological polar surface area (TPSA) is 26.0 Å². The molecule has 1 aliphatic carbocycles. The Labute approximate surface area is 89.5 Å². The van der Waals surface area contributed by atoms with Crippen molar-refractivity contribution in [2.45, 2.75) is 65.3 Å². The van der Waals surface area contributed by atoms with Crippen molar-refractivity contribution in [2.75, 3.05) is 0 Å². The van der Waals surface area contributed by atoms with E-state index < -0.39 is 0 Å². The van der Waals surface area contributed by atoms with Crippen LogP contribution in [-0.2, 0) is 0 Å². The van der Waals surface area contributed by atoms with Gasteiger partial charge in [-0.25, -0.2) is 0 Å². The van der Waals surface area contributed by atoms with E-state index in [1.807, 2.05) is 0 Å². The van der Waals surface area contributed by atoms with Crippen LogP contribution in [0.4, 0.5) is 0 Å². The fourth-order valence-electron chi connectivity index (χ4n) is 2.90. The summed E-state index contributed by atoms with van der Waals surface area (Å²) < 4.78 is 0. The van der Waals surface area contributed by atoms with Crippen LogP contribution >= 0.6 is 0 Å². The minimum Gasteiger partial charge on any atom is -0.328 e. The van der Waals surface area contributed by atoms with E-state index in [1.54, 1.807) is 0 Å². The van der Waals surface area contributed by atoms with Gasteiger partial charge in [0.15, 0.2) is 0 Å². The maximum Gasteiger partial charge on any atom is 0.00439 e. The molecule has 0 amide bonds. The predicted octanol–water partition coefficient (Wildman–Crippen LogP) is 3.58.